The van der Waals surface area contributed by atoms with E-state index in [2.05, 4.69) is 33.0 Å². The van der Waals surface area contributed by atoms with Crippen molar-refractivity contribution in [3.63, 3.8) is 0 Å². The van der Waals surface area contributed by atoms with Crippen molar-refractivity contribution in [1.29, 1.82) is 0 Å². The Labute approximate surface area is 119 Å². The molecule has 0 spiro atoms. The molecule has 0 amide bonds. The summed E-state index contributed by atoms with van der Waals surface area (Å²) in [6, 6.07) is 0. The minimum absolute atomic E-state index is 0.0362. The smallest absolute Gasteiger partial charge is 0.0674 e. The lowest BCUT2D eigenvalue weighted by molar-refractivity contribution is -0.0882. The van der Waals surface area contributed by atoms with Gasteiger partial charge in [-0.15, -0.1) is 0 Å². The van der Waals surface area contributed by atoms with Crippen LogP contribution in [0.5, 0.6) is 0 Å². The average Bonchev–Trinajstić information content (AvgIpc) is 2.43. The van der Waals surface area contributed by atoms with Crippen LogP contribution in [0.3, 0.4) is 0 Å². The highest BCUT2D eigenvalue weighted by Gasteiger charge is 2.26. The van der Waals surface area contributed by atoms with Crippen molar-refractivity contribution in [1.82, 2.24) is 5.32 Å². The first-order valence-corrected chi connectivity index (χ1v) is 7.58. The normalized spacial score (nSPS) is 18.0. The Balaban J connectivity index is 4.14. The Kier molecular flexibility index (Phi) is 9.62. The van der Waals surface area contributed by atoms with Crippen LogP contribution in [0, 0.1) is 0 Å². The van der Waals surface area contributed by atoms with Crippen LogP contribution in [0.4, 0.5) is 0 Å². The van der Waals surface area contributed by atoms with Gasteiger partial charge in [0.05, 0.1) is 24.4 Å². The van der Waals surface area contributed by atoms with Crippen molar-refractivity contribution in [3.8, 4) is 0 Å². The Bertz CT molecular complexity index is 204. The molecule has 0 bridgehead atoms. The van der Waals surface area contributed by atoms with Gasteiger partial charge in [-0.2, -0.15) is 0 Å². The number of rotatable bonds is 12. The Hall–Kier alpha value is -0.160. The van der Waals surface area contributed by atoms with Crippen LogP contribution < -0.4 is 11.1 Å². The number of hydrogen-bond donors (Lipinski definition) is 2. The minimum atomic E-state index is -0.114. The Morgan fingerprint density at radius 1 is 0.947 bits per heavy atom. The van der Waals surface area contributed by atoms with Crippen molar-refractivity contribution < 1.29 is 9.47 Å². The molecule has 0 radical (unpaired) electrons. The summed E-state index contributed by atoms with van der Waals surface area (Å²) < 4.78 is 11.9. The lowest BCUT2D eigenvalue weighted by Crippen LogP contribution is -2.36. The second-order valence-corrected chi connectivity index (χ2v) is 5.70. The van der Waals surface area contributed by atoms with Crippen LogP contribution >= 0.6 is 0 Å². The van der Waals surface area contributed by atoms with Crippen molar-refractivity contribution in [3.05, 3.63) is 0 Å². The standard InChI is InChI=1S/C15H34N2O2/c1-6-14(3,8-11-17-5)18-12-9-15(4,7-2)19-13-10-16/h17H,6-13,16H2,1-5H3. The largest absolute Gasteiger partial charge is 0.375 e. The van der Waals surface area contributed by atoms with E-state index in [1.165, 1.54) is 0 Å². The number of ether oxygens (including phenoxy) is 2. The third-order valence-electron chi connectivity index (χ3n) is 4.05. The predicted molar refractivity (Wildman–Crippen MR) is 81.5 cm³/mol. The van der Waals surface area contributed by atoms with Crippen LogP contribution in [0.2, 0.25) is 0 Å². The van der Waals surface area contributed by atoms with Gasteiger partial charge in [0.25, 0.3) is 0 Å². The zero-order chi connectivity index (χ0) is 14.8. The number of hydrogen-bond acceptors (Lipinski definition) is 4. The zero-order valence-electron chi connectivity index (χ0n) is 13.6. The average molecular weight is 274 g/mol. The molecule has 2 atom stereocenters. The maximum absolute atomic E-state index is 6.11. The van der Waals surface area contributed by atoms with Crippen LogP contribution in [0.15, 0.2) is 0 Å². The molecule has 0 rings (SSSR count). The monoisotopic (exact) mass is 274 g/mol. The highest BCUT2D eigenvalue weighted by Crippen LogP contribution is 2.24. The van der Waals surface area contributed by atoms with E-state index < -0.39 is 0 Å². The maximum atomic E-state index is 6.11. The van der Waals surface area contributed by atoms with Gasteiger partial charge >= 0.3 is 0 Å². The Morgan fingerprint density at radius 3 is 1.95 bits per heavy atom. The predicted octanol–water partition coefficient (Wildman–Crippen LogP) is 2.32. The number of nitrogens with one attached hydrogen (secondary N) is 1. The van der Waals surface area contributed by atoms with E-state index >= 15 is 0 Å². The molecule has 0 heterocycles. The molecule has 0 aromatic heterocycles. The van der Waals surface area contributed by atoms with E-state index in [1.807, 2.05) is 7.05 Å². The fourth-order valence-electron chi connectivity index (χ4n) is 1.91. The molecule has 0 aliphatic rings. The summed E-state index contributed by atoms with van der Waals surface area (Å²) >= 11 is 0. The summed E-state index contributed by atoms with van der Waals surface area (Å²) in [5.41, 5.74) is 5.35. The minimum Gasteiger partial charge on any atom is -0.375 e. The Morgan fingerprint density at radius 2 is 1.47 bits per heavy atom. The van der Waals surface area contributed by atoms with Gasteiger partial charge in [-0.05, 0) is 53.1 Å². The van der Waals surface area contributed by atoms with Gasteiger partial charge in [0.2, 0.25) is 0 Å². The summed E-state index contributed by atoms with van der Waals surface area (Å²) in [6.45, 7) is 11.6. The van der Waals surface area contributed by atoms with Gasteiger partial charge in [0.1, 0.15) is 0 Å². The first-order valence-electron chi connectivity index (χ1n) is 7.58. The number of nitrogens with two attached hydrogens (primary N) is 1. The van der Waals surface area contributed by atoms with Gasteiger partial charge in [0, 0.05) is 6.54 Å². The maximum Gasteiger partial charge on any atom is 0.0674 e. The molecule has 19 heavy (non-hydrogen) atoms. The molecule has 116 valence electrons. The highest BCUT2D eigenvalue weighted by atomic mass is 16.5. The molecule has 0 saturated carbocycles. The fourth-order valence-corrected chi connectivity index (χ4v) is 1.91. The van der Waals surface area contributed by atoms with Gasteiger partial charge in [-0.3, -0.25) is 0 Å². The quantitative estimate of drug-likeness (QED) is 0.573. The van der Waals surface area contributed by atoms with Crippen LogP contribution in [0.1, 0.15) is 53.4 Å². The molecule has 0 saturated heterocycles. The zero-order valence-corrected chi connectivity index (χ0v) is 13.6. The molecule has 0 aliphatic heterocycles. The molecule has 0 aromatic rings. The summed E-state index contributed by atoms with van der Waals surface area (Å²) in [4.78, 5) is 0. The van der Waals surface area contributed by atoms with Gasteiger partial charge in [0.15, 0.2) is 0 Å². The molecule has 4 heteroatoms. The van der Waals surface area contributed by atoms with Gasteiger partial charge < -0.3 is 20.5 Å². The molecule has 0 aromatic carbocycles. The summed E-state index contributed by atoms with van der Waals surface area (Å²) in [5.74, 6) is 0. The third kappa shape index (κ3) is 7.88. The summed E-state index contributed by atoms with van der Waals surface area (Å²) in [5, 5.41) is 3.18. The summed E-state index contributed by atoms with van der Waals surface area (Å²) in [6.07, 6.45) is 3.96. The lowest BCUT2D eigenvalue weighted by Gasteiger charge is -2.33. The lowest BCUT2D eigenvalue weighted by atomic mass is 9.97. The molecule has 0 aliphatic carbocycles. The van der Waals surface area contributed by atoms with E-state index in [0.29, 0.717) is 13.2 Å². The van der Waals surface area contributed by atoms with Crippen LogP contribution in [-0.4, -0.2) is 44.6 Å². The van der Waals surface area contributed by atoms with E-state index in [0.717, 1.165) is 38.8 Å². The fraction of sp³-hybridized carbons (Fsp3) is 1.00. The SMILES string of the molecule is CCC(C)(CCNC)OCCC(C)(CC)OCCN. The van der Waals surface area contributed by atoms with Crippen molar-refractivity contribution in [2.45, 2.75) is 64.6 Å². The van der Waals surface area contributed by atoms with E-state index in [4.69, 9.17) is 15.2 Å². The van der Waals surface area contributed by atoms with Crippen LogP contribution in [0.25, 0.3) is 0 Å². The first kappa shape index (κ1) is 18.8. The van der Waals surface area contributed by atoms with Crippen molar-refractivity contribution >= 4 is 0 Å². The van der Waals surface area contributed by atoms with Crippen molar-refractivity contribution in [2.24, 2.45) is 5.73 Å². The molecular weight excluding hydrogens is 240 g/mol. The van der Waals surface area contributed by atoms with Gasteiger partial charge in [-0.1, -0.05) is 13.8 Å². The third-order valence-corrected chi connectivity index (χ3v) is 4.05. The molecular formula is C15H34N2O2. The second kappa shape index (κ2) is 9.70. The topological polar surface area (TPSA) is 56.5 Å². The highest BCUT2D eigenvalue weighted by molar-refractivity contribution is 4.77. The van der Waals surface area contributed by atoms with E-state index in [-0.39, 0.29) is 11.2 Å². The van der Waals surface area contributed by atoms with Crippen LogP contribution in [-0.2, 0) is 9.47 Å². The molecule has 4 nitrogen and oxygen atoms in total. The molecule has 3 N–H and O–H groups in total. The van der Waals surface area contributed by atoms with E-state index in [9.17, 15) is 0 Å². The first-order chi connectivity index (χ1) is 8.95. The summed E-state index contributed by atoms with van der Waals surface area (Å²) in [7, 11) is 1.98. The van der Waals surface area contributed by atoms with Crippen molar-refractivity contribution in [2.75, 3.05) is 33.4 Å². The second-order valence-electron chi connectivity index (χ2n) is 5.70. The van der Waals surface area contributed by atoms with Gasteiger partial charge in [-0.25, -0.2) is 0 Å². The van der Waals surface area contributed by atoms with E-state index in [1.54, 1.807) is 0 Å². The molecule has 2 unspecified atom stereocenters. The molecule has 0 fully saturated rings.